The molecule has 1 aliphatic carbocycles. The summed E-state index contributed by atoms with van der Waals surface area (Å²) in [7, 11) is 0. The molecule has 0 spiro atoms. The first-order valence-electron chi connectivity index (χ1n) is 9.38. The fourth-order valence-electron chi connectivity index (χ4n) is 3.54. The topological polar surface area (TPSA) is 72.8 Å². The van der Waals surface area contributed by atoms with Crippen LogP contribution in [0.1, 0.15) is 25.8 Å². The zero-order valence-corrected chi connectivity index (χ0v) is 15.5. The van der Waals surface area contributed by atoms with Crippen LogP contribution in [0.5, 0.6) is 5.75 Å². The number of nitrogens with zero attached hydrogens (tertiary/aromatic N) is 2. The van der Waals surface area contributed by atoms with E-state index >= 15 is 4.39 Å². The van der Waals surface area contributed by atoms with Gasteiger partial charge in [0.2, 0.25) is 5.43 Å². The predicted molar refractivity (Wildman–Crippen MR) is 99.1 cm³/mol. The van der Waals surface area contributed by atoms with Crippen molar-refractivity contribution in [2.24, 2.45) is 0 Å². The SMILES string of the molecule is CCOC(=O)Oc1cn(C2CC2)c2c(F)c(N3CCNCC3)c(F)cc2c1=O. The monoisotopic (exact) mass is 393 g/mol. The number of anilines is 1. The van der Waals surface area contributed by atoms with E-state index in [-0.39, 0.29) is 35.0 Å². The molecule has 0 amide bonds. The van der Waals surface area contributed by atoms with Gasteiger partial charge in [0.1, 0.15) is 11.5 Å². The van der Waals surface area contributed by atoms with Crippen LogP contribution in [0.15, 0.2) is 17.1 Å². The van der Waals surface area contributed by atoms with E-state index in [2.05, 4.69) is 5.32 Å². The fourth-order valence-corrected chi connectivity index (χ4v) is 3.54. The van der Waals surface area contributed by atoms with E-state index in [1.165, 1.54) is 6.20 Å². The van der Waals surface area contributed by atoms with Gasteiger partial charge in [-0.05, 0) is 25.8 Å². The molecule has 2 aromatic rings. The summed E-state index contributed by atoms with van der Waals surface area (Å²) in [6.07, 6.45) is 1.90. The minimum atomic E-state index is -1.03. The normalized spacial score (nSPS) is 17.0. The Morgan fingerprint density at radius 2 is 2.00 bits per heavy atom. The molecular formula is C19H21F2N3O4. The lowest BCUT2D eigenvalue weighted by Crippen LogP contribution is -2.44. The molecule has 1 aliphatic heterocycles. The quantitative estimate of drug-likeness (QED) is 0.805. The number of rotatable bonds is 4. The molecule has 0 unspecified atom stereocenters. The molecule has 150 valence electrons. The van der Waals surface area contributed by atoms with Crippen LogP contribution in [-0.4, -0.2) is 43.5 Å². The number of aromatic nitrogens is 1. The number of carbonyl (C=O) groups is 1. The first-order chi connectivity index (χ1) is 13.5. The Bertz CT molecular complexity index is 982. The van der Waals surface area contributed by atoms with Crippen LogP contribution in [0.25, 0.3) is 10.9 Å². The number of hydrogen-bond donors (Lipinski definition) is 1. The van der Waals surface area contributed by atoms with Crippen molar-refractivity contribution in [2.45, 2.75) is 25.8 Å². The van der Waals surface area contributed by atoms with Gasteiger partial charge in [0, 0.05) is 32.2 Å². The molecule has 4 rings (SSSR count). The standard InChI is InChI=1S/C19H21F2N3O4/c1-2-27-19(26)28-14-10-24(11-3-4-11)16-12(18(14)25)9-13(20)17(15(16)21)23-7-5-22-6-8-23/h9-11,22H,2-8H2,1H3. The number of carbonyl (C=O) groups excluding carboxylic acids is 1. The van der Waals surface area contributed by atoms with Gasteiger partial charge < -0.3 is 24.3 Å². The summed E-state index contributed by atoms with van der Waals surface area (Å²) in [6.45, 7) is 3.87. The summed E-state index contributed by atoms with van der Waals surface area (Å²) in [6, 6.07) is 1.01. The Morgan fingerprint density at radius 3 is 2.64 bits per heavy atom. The second kappa shape index (κ2) is 7.38. The maximum absolute atomic E-state index is 15.5. The van der Waals surface area contributed by atoms with Crippen LogP contribution < -0.4 is 20.4 Å². The smallest absolute Gasteiger partial charge is 0.434 e. The number of nitrogens with one attached hydrogen (secondary N) is 1. The van der Waals surface area contributed by atoms with Gasteiger partial charge in [0.25, 0.3) is 0 Å². The third-order valence-corrected chi connectivity index (χ3v) is 4.98. The van der Waals surface area contributed by atoms with Crippen LogP contribution >= 0.6 is 0 Å². The van der Waals surface area contributed by atoms with Crippen LogP contribution in [0.2, 0.25) is 0 Å². The maximum Gasteiger partial charge on any atom is 0.514 e. The largest absolute Gasteiger partial charge is 0.514 e. The van der Waals surface area contributed by atoms with Crippen molar-refractivity contribution in [3.05, 3.63) is 34.1 Å². The van der Waals surface area contributed by atoms with E-state index in [1.54, 1.807) is 16.4 Å². The van der Waals surface area contributed by atoms with Crippen molar-refractivity contribution in [3.63, 3.8) is 0 Å². The van der Waals surface area contributed by atoms with Crippen molar-refractivity contribution in [1.82, 2.24) is 9.88 Å². The lowest BCUT2D eigenvalue weighted by atomic mass is 10.1. The summed E-state index contributed by atoms with van der Waals surface area (Å²) < 4.78 is 41.5. The van der Waals surface area contributed by atoms with Gasteiger partial charge in [0.15, 0.2) is 11.6 Å². The van der Waals surface area contributed by atoms with Crippen LogP contribution in [0, 0.1) is 11.6 Å². The second-order valence-corrected chi connectivity index (χ2v) is 6.90. The van der Waals surface area contributed by atoms with Crippen LogP contribution in [-0.2, 0) is 4.74 Å². The molecule has 0 radical (unpaired) electrons. The minimum Gasteiger partial charge on any atom is -0.434 e. The molecule has 1 aromatic carbocycles. The Kier molecular flexibility index (Phi) is 4.92. The van der Waals surface area contributed by atoms with Gasteiger partial charge in [-0.15, -0.1) is 0 Å². The first kappa shape index (κ1) is 18.7. The van der Waals surface area contributed by atoms with E-state index in [9.17, 15) is 14.0 Å². The highest BCUT2D eigenvalue weighted by atomic mass is 19.1. The summed E-state index contributed by atoms with van der Waals surface area (Å²) in [5, 5.41) is 2.99. The number of benzene rings is 1. The maximum atomic E-state index is 15.5. The van der Waals surface area contributed by atoms with E-state index in [0.717, 1.165) is 18.9 Å². The number of piperazine rings is 1. The highest BCUT2D eigenvalue weighted by Gasteiger charge is 2.31. The predicted octanol–water partition coefficient (Wildman–Crippen LogP) is 2.56. The van der Waals surface area contributed by atoms with Crippen molar-refractivity contribution in [1.29, 1.82) is 0 Å². The average Bonchev–Trinajstić information content (AvgIpc) is 3.50. The zero-order chi connectivity index (χ0) is 19.8. The molecule has 28 heavy (non-hydrogen) atoms. The molecular weight excluding hydrogens is 372 g/mol. The minimum absolute atomic E-state index is 0.0246. The van der Waals surface area contributed by atoms with Gasteiger partial charge in [-0.25, -0.2) is 13.6 Å². The lowest BCUT2D eigenvalue weighted by molar-refractivity contribution is 0.104. The van der Waals surface area contributed by atoms with Gasteiger partial charge >= 0.3 is 6.16 Å². The Balaban J connectivity index is 1.89. The van der Waals surface area contributed by atoms with E-state index in [4.69, 9.17) is 9.47 Å². The van der Waals surface area contributed by atoms with Gasteiger partial charge in [-0.3, -0.25) is 4.79 Å². The zero-order valence-electron chi connectivity index (χ0n) is 15.5. The highest BCUT2D eigenvalue weighted by Crippen LogP contribution is 2.40. The molecule has 1 N–H and O–H groups in total. The Hall–Kier alpha value is -2.68. The highest BCUT2D eigenvalue weighted by molar-refractivity contribution is 5.86. The van der Waals surface area contributed by atoms with Gasteiger partial charge in [-0.1, -0.05) is 0 Å². The van der Waals surface area contributed by atoms with E-state index < -0.39 is 23.2 Å². The number of ether oxygens (including phenoxy) is 2. The number of halogens is 2. The number of hydrogen-bond acceptors (Lipinski definition) is 6. The number of pyridine rings is 1. The lowest BCUT2D eigenvalue weighted by Gasteiger charge is -2.30. The molecule has 2 heterocycles. The van der Waals surface area contributed by atoms with E-state index in [1.807, 2.05) is 0 Å². The Labute approximate surface area is 159 Å². The van der Waals surface area contributed by atoms with Crippen molar-refractivity contribution >= 4 is 22.7 Å². The fraction of sp³-hybridized carbons (Fsp3) is 0.474. The summed E-state index contributed by atoms with van der Waals surface area (Å²) in [5.74, 6) is -1.87. The van der Waals surface area contributed by atoms with Crippen LogP contribution in [0.3, 0.4) is 0 Å². The van der Waals surface area contributed by atoms with Crippen LogP contribution in [0.4, 0.5) is 19.3 Å². The second-order valence-electron chi connectivity index (χ2n) is 6.90. The molecule has 0 atom stereocenters. The Morgan fingerprint density at radius 1 is 1.29 bits per heavy atom. The van der Waals surface area contributed by atoms with Crippen molar-refractivity contribution in [2.75, 3.05) is 37.7 Å². The van der Waals surface area contributed by atoms with Gasteiger partial charge in [0.05, 0.1) is 23.7 Å². The molecule has 1 saturated heterocycles. The number of fused-ring (bicyclic) bond motifs is 1. The van der Waals surface area contributed by atoms with E-state index in [0.29, 0.717) is 26.2 Å². The third kappa shape index (κ3) is 3.30. The molecule has 0 bridgehead atoms. The summed E-state index contributed by atoms with van der Waals surface area (Å²) in [5.41, 5.74) is -0.829. The van der Waals surface area contributed by atoms with Gasteiger partial charge in [-0.2, -0.15) is 0 Å². The first-order valence-corrected chi connectivity index (χ1v) is 9.38. The molecule has 9 heteroatoms. The summed E-state index contributed by atoms with van der Waals surface area (Å²) in [4.78, 5) is 26.0. The van der Waals surface area contributed by atoms with Crippen molar-refractivity contribution in [3.8, 4) is 5.75 Å². The molecule has 1 saturated carbocycles. The molecule has 7 nitrogen and oxygen atoms in total. The average molecular weight is 393 g/mol. The van der Waals surface area contributed by atoms with Crippen molar-refractivity contribution < 1.29 is 23.0 Å². The molecule has 1 aromatic heterocycles. The molecule has 2 fully saturated rings. The molecule has 2 aliphatic rings. The summed E-state index contributed by atoms with van der Waals surface area (Å²) >= 11 is 0. The third-order valence-electron chi connectivity index (χ3n) is 4.98.